The van der Waals surface area contributed by atoms with E-state index < -0.39 is 17.4 Å². The highest BCUT2D eigenvalue weighted by atomic mass is 16.2. The first-order valence-corrected chi connectivity index (χ1v) is 11.2. The molecule has 0 saturated carbocycles. The molecule has 3 aromatic rings. The molecule has 3 saturated heterocycles. The summed E-state index contributed by atoms with van der Waals surface area (Å²) in [6, 6.07) is 21.1. The number of hydrogen-bond acceptors (Lipinski definition) is 4. The van der Waals surface area contributed by atoms with Gasteiger partial charge in [0.05, 0.1) is 17.5 Å². The predicted octanol–water partition coefficient (Wildman–Crippen LogP) is 3.27. The maximum atomic E-state index is 14.0. The van der Waals surface area contributed by atoms with Crippen LogP contribution in [0.5, 0.6) is 0 Å². The van der Waals surface area contributed by atoms with Crippen LogP contribution in [0.2, 0.25) is 0 Å². The number of hydrogen-bond donors (Lipinski definition) is 1. The first-order valence-electron chi connectivity index (χ1n) is 11.2. The van der Waals surface area contributed by atoms with Crippen molar-refractivity contribution in [1.82, 2.24) is 4.90 Å². The van der Waals surface area contributed by atoms with Crippen LogP contribution in [0.25, 0.3) is 10.8 Å². The van der Waals surface area contributed by atoms with Crippen molar-refractivity contribution in [3.8, 4) is 0 Å². The molecule has 0 aromatic heterocycles. The summed E-state index contributed by atoms with van der Waals surface area (Å²) in [7, 11) is 0. The van der Waals surface area contributed by atoms with Crippen LogP contribution in [-0.2, 0) is 19.9 Å². The summed E-state index contributed by atoms with van der Waals surface area (Å²) in [5.41, 5.74) is 1.04. The highest BCUT2D eigenvalue weighted by Gasteiger charge is 2.74. The Morgan fingerprint density at radius 1 is 0.875 bits per heavy atom. The maximum absolute atomic E-state index is 14.0. The van der Waals surface area contributed by atoms with Gasteiger partial charge in [0, 0.05) is 17.3 Å². The van der Waals surface area contributed by atoms with Crippen molar-refractivity contribution in [2.45, 2.75) is 24.4 Å². The van der Waals surface area contributed by atoms with Crippen molar-refractivity contribution >= 4 is 39.9 Å². The molecule has 6 heteroatoms. The molecule has 158 valence electrons. The number of carbonyl (C=O) groups is 3. The molecule has 3 aromatic carbocycles. The van der Waals surface area contributed by atoms with Crippen molar-refractivity contribution in [2.24, 2.45) is 11.8 Å². The minimum atomic E-state index is -1.11. The fraction of sp³-hybridized carbons (Fsp3) is 0.269. The Morgan fingerprint density at radius 2 is 1.66 bits per heavy atom. The van der Waals surface area contributed by atoms with Gasteiger partial charge in [-0.2, -0.15) is 0 Å². The van der Waals surface area contributed by atoms with E-state index in [4.69, 9.17) is 0 Å². The molecule has 0 bridgehead atoms. The summed E-state index contributed by atoms with van der Waals surface area (Å²) in [4.78, 5) is 44.8. The third-order valence-electron chi connectivity index (χ3n) is 7.89. The average molecular weight is 423 g/mol. The third-order valence-corrected chi connectivity index (χ3v) is 7.89. The summed E-state index contributed by atoms with van der Waals surface area (Å²) >= 11 is 0. The standard InChI is InChI=1S/C26H21N3O3/c30-23-21-20-10-5-13-28(20)26(18-8-3-4-9-19(18)27-25(26)32)22(21)24(31)29(23)17-12-11-15-6-1-2-7-16(15)14-17/h1-4,6-9,11-12,14,20-22H,5,10,13H2,(H,27,32)/t20?,21-,22+,26-/m0/s1. The second-order valence-corrected chi connectivity index (χ2v) is 9.22. The third kappa shape index (κ3) is 1.97. The molecule has 1 N–H and O–H groups in total. The van der Waals surface area contributed by atoms with Gasteiger partial charge in [0.15, 0.2) is 0 Å². The monoisotopic (exact) mass is 423 g/mol. The lowest BCUT2D eigenvalue weighted by atomic mass is 9.75. The maximum Gasteiger partial charge on any atom is 0.250 e. The van der Waals surface area contributed by atoms with Crippen molar-refractivity contribution in [2.75, 3.05) is 16.8 Å². The number of rotatable bonds is 1. The van der Waals surface area contributed by atoms with Crippen molar-refractivity contribution < 1.29 is 14.4 Å². The van der Waals surface area contributed by atoms with Crippen LogP contribution in [0.4, 0.5) is 11.4 Å². The summed E-state index contributed by atoms with van der Waals surface area (Å²) in [5, 5.41) is 5.04. The van der Waals surface area contributed by atoms with E-state index in [0.717, 1.165) is 41.4 Å². The number of benzene rings is 3. The van der Waals surface area contributed by atoms with Crippen molar-refractivity contribution in [3.05, 3.63) is 72.3 Å². The summed E-state index contributed by atoms with van der Waals surface area (Å²) in [6.45, 7) is 0.718. The Kier molecular flexibility index (Phi) is 3.42. The van der Waals surface area contributed by atoms with E-state index in [-0.39, 0.29) is 23.8 Å². The Bertz CT molecular complexity index is 1350. The summed E-state index contributed by atoms with van der Waals surface area (Å²) in [5.74, 6) is -1.85. The minimum Gasteiger partial charge on any atom is -0.324 e. The molecule has 6 nitrogen and oxygen atoms in total. The molecule has 32 heavy (non-hydrogen) atoms. The number of amides is 3. The molecule has 3 amide bonds. The zero-order valence-corrected chi connectivity index (χ0v) is 17.3. The SMILES string of the molecule is O=C1[C@H]2C3CCCN3[C@]3(C(=O)Nc4ccccc43)[C@H]2C(=O)N1c1ccc2ccccc2c1. The van der Waals surface area contributed by atoms with Gasteiger partial charge >= 0.3 is 0 Å². The number of nitrogens with zero attached hydrogens (tertiary/aromatic N) is 2. The smallest absolute Gasteiger partial charge is 0.250 e. The lowest BCUT2D eigenvalue weighted by molar-refractivity contribution is -0.135. The number of anilines is 2. The normalized spacial score (nSPS) is 30.8. The average Bonchev–Trinajstić information content (AvgIpc) is 3.51. The largest absolute Gasteiger partial charge is 0.324 e. The van der Waals surface area contributed by atoms with Crippen LogP contribution >= 0.6 is 0 Å². The molecule has 7 rings (SSSR count). The van der Waals surface area contributed by atoms with E-state index in [2.05, 4.69) is 10.2 Å². The van der Waals surface area contributed by atoms with Gasteiger partial charge < -0.3 is 5.32 Å². The number of para-hydroxylation sites is 1. The number of carbonyl (C=O) groups excluding carboxylic acids is 3. The molecule has 1 spiro atoms. The molecule has 0 aliphatic carbocycles. The molecule has 1 unspecified atom stereocenters. The number of nitrogens with one attached hydrogen (secondary N) is 1. The number of imide groups is 1. The van der Waals surface area contributed by atoms with E-state index in [9.17, 15) is 14.4 Å². The fourth-order valence-electron chi connectivity index (χ4n) is 6.73. The van der Waals surface area contributed by atoms with Crippen LogP contribution in [0, 0.1) is 11.8 Å². The molecule has 4 aliphatic heterocycles. The predicted molar refractivity (Wildman–Crippen MR) is 120 cm³/mol. The molecule has 4 aliphatic rings. The van der Waals surface area contributed by atoms with Gasteiger partial charge in [-0.15, -0.1) is 0 Å². The van der Waals surface area contributed by atoms with Gasteiger partial charge in [-0.05, 0) is 48.4 Å². The lowest BCUT2D eigenvalue weighted by Crippen LogP contribution is -2.54. The van der Waals surface area contributed by atoms with Crippen LogP contribution in [0.15, 0.2) is 66.7 Å². The van der Waals surface area contributed by atoms with Crippen molar-refractivity contribution in [1.29, 1.82) is 0 Å². The van der Waals surface area contributed by atoms with Gasteiger partial charge in [-0.25, -0.2) is 4.90 Å². The highest BCUT2D eigenvalue weighted by Crippen LogP contribution is 2.60. The Balaban J connectivity index is 1.42. The highest BCUT2D eigenvalue weighted by molar-refractivity contribution is 6.26. The van der Waals surface area contributed by atoms with Gasteiger partial charge in [-0.1, -0.05) is 48.5 Å². The van der Waals surface area contributed by atoms with Gasteiger partial charge in [0.25, 0.3) is 0 Å². The van der Waals surface area contributed by atoms with Crippen LogP contribution in [-0.4, -0.2) is 35.2 Å². The Hall–Kier alpha value is -3.51. The van der Waals surface area contributed by atoms with E-state index in [1.54, 1.807) is 0 Å². The zero-order chi connectivity index (χ0) is 21.6. The van der Waals surface area contributed by atoms with Crippen LogP contribution in [0.3, 0.4) is 0 Å². The number of fused-ring (bicyclic) bond motifs is 8. The molecular formula is C26H21N3O3. The zero-order valence-electron chi connectivity index (χ0n) is 17.3. The molecule has 3 fully saturated rings. The Labute approximate surface area is 184 Å². The molecule has 4 heterocycles. The van der Waals surface area contributed by atoms with E-state index in [1.165, 1.54) is 4.90 Å². The second-order valence-electron chi connectivity index (χ2n) is 9.22. The Morgan fingerprint density at radius 3 is 2.53 bits per heavy atom. The fourth-order valence-corrected chi connectivity index (χ4v) is 6.73. The molecule has 0 radical (unpaired) electrons. The quantitative estimate of drug-likeness (QED) is 0.610. The molecular weight excluding hydrogens is 402 g/mol. The van der Waals surface area contributed by atoms with Crippen LogP contribution in [0.1, 0.15) is 18.4 Å². The second kappa shape index (κ2) is 6.04. The minimum absolute atomic E-state index is 0.0983. The van der Waals surface area contributed by atoms with E-state index in [1.807, 2.05) is 66.7 Å². The molecule has 4 atom stereocenters. The van der Waals surface area contributed by atoms with Gasteiger partial charge in [0.1, 0.15) is 5.54 Å². The topological polar surface area (TPSA) is 69.7 Å². The van der Waals surface area contributed by atoms with Crippen LogP contribution < -0.4 is 10.2 Å². The van der Waals surface area contributed by atoms with E-state index >= 15 is 0 Å². The lowest BCUT2D eigenvalue weighted by Gasteiger charge is -2.36. The summed E-state index contributed by atoms with van der Waals surface area (Å²) < 4.78 is 0. The first-order chi connectivity index (χ1) is 15.6. The van der Waals surface area contributed by atoms with Gasteiger partial charge in [-0.3, -0.25) is 19.3 Å². The van der Waals surface area contributed by atoms with Crippen molar-refractivity contribution in [3.63, 3.8) is 0 Å². The van der Waals surface area contributed by atoms with Gasteiger partial charge in [0.2, 0.25) is 17.7 Å². The van der Waals surface area contributed by atoms with E-state index in [0.29, 0.717) is 5.69 Å². The summed E-state index contributed by atoms with van der Waals surface area (Å²) in [6.07, 6.45) is 1.74. The first kappa shape index (κ1) is 18.1.